The van der Waals surface area contributed by atoms with Crippen LogP contribution in [-0.2, 0) is 42.9 Å². The second-order valence-electron chi connectivity index (χ2n) is 16.3. The average molecular weight is 699 g/mol. The molecule has 0 saturated carbocycles. The summed E-state index contributed by atoms with van der Waals surface area (Å²) in [5.41, 5.74) is -2.90. The van der Waals surface area contributed by atoms with Crippen LogP contribution in [0.1, 0.15) is 95.9 Å². The SMILES string of the molecule is CC(C)(C)OC(=O)CN1/C=C\N(C(CCC(=O)O)C(=O)OC(C)(C)C)CCN(CC(=O)OC(C)(C)C)CCN(CC(=O)OC(C)(C)C)CC1. The van der Waals surface area contributed by atoms with Crippen LogP contribution in [0.25, 0.3) is 0 Å². The van der Waals surface area contributed by atoms with Crippen LogP contribution in [0.15, 0.2) is 12.4 Å². The fraction of sp³-hybridized carbons (Fsp3) is 0.800. The van der Waals surface area contributed by atoms with Gasteiger partial charge in [-0.2, -0.15) is 0 Å². The number of ether oxygens (including phenoxy) is 4. The van der Waals surface area contributed by atoms with E-state index in [9.17, 15) is 29.1 Å². The van der Waals surface area contributed by atoms with Crippen LogP contribution in [0.3, 0.4) is 0 Å². The number of carboxylic acids is 1. The van der Waals surface area contributed by atoms with Crippen molar-refractivity contribution in [2.24, 2.45) is 0 Å². The van der Waals surface area contributed by atoms with E-state index in [1.54, 1.807) is 105 Å². The minimum absolute atomic E-state index is 0.0103. The maximum atomic E-state index is 13.5. The van der Waals surface area contributed by atoms with Crippen molar-refractivity contribution in [1.82, 2.24) is 19.6 Å². The van der Waals surface area contributed by atoms with Crippen molar-refractivity contribution in [3.8, 4) is 0 Å². The van der Waals surface area contributed by atoms with Crippen molar-refractivity contribution in [3.63, 3.8) is 0 Å². The first-order chi connectivity index (χ1) is 22.2. The predicted octanol–water partition coefficient (Wildman–Crippen LogP) is 3.28. The molecule has 14 nitrogen and oxygen atoms in total. The molecular weight excluding hydrogens is 636 g/mol. The fourth-order valence-electron chi connectivity index (χ4n) is 4.77. The first kappa shape index (κ1) is 43.6. The Bertz CT molecular complexity index is 1150. The van der Waals surface area contributed by atoms with Gasteiger partial charge in [-0.3, -0.25) is 29.0 Å². The molecule has 49 heavy (non-hydrogen) atoms. The standard InChI is InChI=1S/C35H62N4O10/c1-32(2,3)46-28(42)23-36-15-17-37(24-29(43)47-33(4,5)6)19-21-39(26(13-14-27(40)41)31(45)49-35(10,11)12)22-20-38(18-16-36)25-30(44)48-34(7,8)9/h19,21,26H,13-18,20,22-25H2,1-12H3,(H,40,41)/b21-19-. The number of aliphatic carboxylic acids is 1. The molecule has 0 aromatic heterocycles. The molecule has 0 spiro atoms. The van der Waals surface area contributed by atoms with E-state index in [0.29, 0.717) is 26.2 Å². The zero-order chi connectivity index (χ0) is 37.8. The van der Waals surface area contributed by atoms with Gasteiger partial charge in [-0.25, -0.2) is 4.79 Å². The highest BCUT2D eigenvalue weighted by Crippen LogP contribution is 2.18. The van der Waals surface area contributed by atoms with Crippen LogP contribution < -0.4 is 0 Å². The minimum Gasteiger partial charge on any atom is -0.481 e. The Labute approximate surface area is 293 Å². The molecule has 0 aromatic carbocycles. The van der Waals surface area contributed by atoms with Gasteiger partial charge in [0.1, 0.15) is 35.0 Å². The van der Waals surface area contributed by atoms with Gasteiger partial charge in [-0.1, -0.05) is 0 Å². The Hall–Kier alpha value is -3.39. The van der Waals surface area contributed by atoms with Gasteiger partial charge >= 0.3 is 29.8 Å². The van der Waals surface area contributed by atoms with E-state index in [1.165, 1.54) is 0 Å². The van der Waals surface area contributed by atoms with Crippen LogP contribution in [0.5, 0.6) is 0 Å². The molecule has 282 valence electrons. The predicted molar refractivity (Wildman–Crippen MR) is 184 cm³/mol. The molecule has 0 fully saturated rings. The zero-order valence-corrected chi connectivity index (χ0v) is 31.9. The lowest BCUT2D eigenvalue weighted by Crippen LogP contribution is -2.49. The number of esters is 4. The lowest BCUT2D eigenvalue weighted by atomic mass is 10.1. The molecule has 1 rings (SSSR count). The Morgan fingerprint density at radius 2 is 0.959 bits per heavy atom. The molecule has 0 radical (unpaired) electrons. The molecule has 1 aliphatic rings. The number of hydrogen-bond donors (Lipinski definition) is 1. The van der Waals surface area contributed by atoms with E-state index >= 15 is 0 Å². The van der Waals surface area contributed by atoms with E-state index in [4.69, 9.17) is 18.9 Å². The summed E-state index contributed by atoms with van der Waals surface area (Å²) < 4.78 is 22.4. The van der Waals surface area contributed by atoms with Gasteiger partial charge in [0.15, 0.2) is 0 Å². The lowest BCUT2D eigenvalue weighted by molar-refractivity contribution is -0.162. The topological polar surface area (TPSA) is 155 Å². The number of carbonyl (C=O) groups excluding carboxylic acids is 4. The molecule has 0 bridgehead atoms. The van der Waals surface area contributed by atoms with E-state index in [0.717, 1.165) is 0 Å². The molecule has 0 amide bonds. The molecular formula is C35H62N4O10. The summed E-state index contributed by atoms with van der Waals surface area (Å²) in [6.45, 7) is 23.0. The van der Waals surface area contributed by atoms with Crippen molar-refractivity contribution < 1.29 is 48.0 Å². The van der Waals surface area contributed by atoms with Gasteiger partial charge in [0.05, 0.1) is 13.1 Å². The zero-order valence-electron chi connectivity index (χ0n) is 31.9. The van der Waals surface area contributed by atoms with E-state index in [-0.39, 0.29) is 45.6 Å². The fourth-order valence-corrected chi connectivity index (χ4v) is 4.77. The summed E-state index contributed by atoms with van der Waals surface area (Å²) in [5.74, 6) is -2.95. The van der Waals surface area contributed by atoms with Crippen molar-refractivity contribution in [2.75, 3.05) is 58.9 Å². The second kappa shape index (κ2) is 18.6. The molecule has 0 aliphatic carbocycles. The largest absolute Gasteiger partial charge is 0.481 e. The monoisotopic (exact) mass is 698 g/mol. The molecule has 1 heterocycles. The molecule has 0 saturated heterocycles. The molecule has 14 heteroatoms. The van der Waals surface area contributed by atoms with Crippen molar-refractivity contribution in [3.05, 3.63) is 12.4 Å². The second-order valence-corrected chi connectivity index (χ2v) is 16.3. The van der Waals surface area contributed by atoms with Crippen LogP contribution in [0, 0.1) is 0 Å². The van der Waals surface area contributed by atoms with Gasteiger partial charge in [0, 0.05) is 58.1 Å². The smallest absolute Gasteiger partial charge is 0.329 e. The van der Waals surface area contributed by atoms with Crippen LogP contribution in [-0.4, -0.2) is 142 Å². The first-order valence-electron chi connectivity index (χ1n) is 16.9. The highest BCUT2D eigenvalue weighted by atomic mass is 16.6. The summed E-state index contributed by atoms with van der Waals surface area (Å²) in [7, 11) is 0. The van der Waals surface area contributed by atoms with Gasteiger partial charge in [-0.15, -0.1) is 0 Å². The van der Waals surface area contributed by atoms with E-state index in [2.05, 4.69) is 0 Å². The van der Waals surface area contributed by atoms with Crippen LogP contribution in [0.4, 0.5) is 0 Å². The average Bonchev–Trinajstić information content (AvgIpc) is 2.85. The highest BCUT2D eigenvalue weighted by molar-refractivity contribution is 5.77. The number of hydrogen-bond acceptors (Lipinski definition) is 13. The molecule has 1 aliphatic heterocycles. The Balaban J connectivity index is 3.60. The Kier molecular flexibility index (Phi) is 16.5. The van der Waals surface area contributed by atoms with Crippen molar-refractivity contribution in [1.29, 1.82) is 0 Å². The Morgan fingerprint density at radius 3 is 1.37 bits per heavy atom. The van der Waals surface area contributed by atoms with Gasteiger partial charge in [0.25, 0.3) is 0 Å². The molecule has 1 atom stereocenters. The molecule has 0 aromatic rings. The summed E-state index contributed by atoms with van der Waals surface area (Å²) in [6.07, 6.45) is 2.99. The summed E-state index contributed by atoms with van der Waals surface area (Å²) in [4.78, 5) is 71.1. The number of carboxylic acid groups (broad SMARTS) is 1. The maximum Gasteiger partial charge on any atom is 0.329 e. The highest BCUT2D eigenvalue weighted by Gasteiger charge is 2.31. The number of nitrogens with zero attached hydrogens (tertiary/aromatic N) is 4. The summed E-state index contributed by atoms with van der Waals surface area (Å²) in [5, 5.41) is 9.50. The first-order valence-corrected chi connectivity index (χ1v) is 16.9. The van der Waals surface area contributed by atoms with Crippen LogP contribution in [0.2, 0.25) is 0 Å². The third-order valence-electron chi connectivity index (χ3n) is 6.59. The lowest BCUT2D eigenvalue weighted by Gasteiger charge is -2.35. The number of rotatable bonds is 11. The van der Waals surface area contributed by atoms with Crippen molar-refractivity contribution in [2.45, 2.75) is 124 Å². The van der Waals surface area contributed by atoms with Crippen LogP contribution >= 0.6 is 0 Å². The maximum absolute atomic E-state index is 13.5. The quantitative estimate of drug-likeness (QED) is 0.248. The normalized spacial score (nSPS) is 17.6. The third kappa shape index (κ3) is 21.3. The molecule has 1 unspecified atom stereocenters. The summed E-state index contributed by atoms with van der Waals surface area (Å²) >= 11 is 0. The van der Waals surface area contributed by atoms with Gasteiger partial charge in [0.2, 0.25) is 0 Å². The van der Waals surface area contributed by atoms with Gasteiger partial charge in [-0.05, 0) is 89.5 Å². The van der Waals surface area contributed by atoms with E-state index in [1.807, 2.05) is 9.80 Å². The number of carbonyl (C=O) groups is 5. The van der Waals surface area contributed by atoms with Gasteiger partial charge < -0.3 is 33.9 Å². The minimum atomic E-state index is -1.06. The third-order valence-corrected chi connectivity index (χ3v) is 6.59. The molecule has 1 N–H and O–H groups in total. The summed E-state index contributed by atoms with van der Waals surface area (Å²) in [6, 6.07) is -0.968. The Morgan fingerprint density at radius 1 is 0.571 bits per heavy atom. The van der Waals surface area contributed by atoms with E-state index < -0.39 is 58.3 Å². The van der Waals surface area contributed by atoms with Crippen molar-refractivity contribution >= 4 is 29.8 Å².